The fourth-order valence-electron chi connectivity index (χ4n) is 2.85. The van der Waals surface area contributed by atoms with Gasteiger partial charge >= 0.3 is 0 Å². The Morgan fingerprint density at radius 2 is 2.10 bits per heavy atom. The van der Waals surface area contributed by atoms with E-state index in [0.717, 1.165) is 56.1 Å². The average molecular weight is 285 g/mol. The van der Waals surface area contributed by atoms with Crippen LogP contribution in [0.3, 0.4) is 0 Å². The van der Waals surface area contributed by atoms with E-state index in [1.807, 2.05) is 16.9 Å². The van der Waals surface area contributed by atoms with Crippen LogP contribution < -0.4 is 5.32 Å². The van der Waals surface area contributed by atoms with Gasteiger partial charge in [-0.3, -0.25) is 4.68 Å². The zero-order chi connectivity index (χ0) is 14.7. The lowest BCUT2D eigenvalue weighted by Crippen LogP contribution is -2.10. The van der Waals surface area contributed by atoms with Crippen molar-refractivity contribution < 1.29 is 0 Å². The minimum absolute atomic E-state index is 0.806. The molecule has 0 fully saturated rings. The molecule has 0 saturated heterocycles. The lowest BCUT2D eigenvalue weighted by atomic mass is 10.2. The normalized spacial score (nSPS) is 13.4. The molecule has 0 bridgehead atoms. The second kappa shape index (κ2) is 6.24. The Kier molecular flexibility index (Phi) is 4.18. The summed E-state index contributed by atoms with van der Waals surface area (Å²) in [5.41, 5.74) is 3.54. The van der Waals surface area contributed by atoms with Gasteiger partial charge in [0.25, 0.3) is 0 Å². The standard InChI is InChI=1S/C16H23N5/c1-3-9-17-15-12-6-5-7-13(12)19-16(20-15)14-8-10-18-21(14)11-4-2/h8,10H,3-7,9,11H2,1-2H3,(H,17,19,20). The molecule has 1 N–H and O–H groups in total. The van der Waals surface area contributed by atoms with Gasteiger partial charge in [0.05, 0.1) is 0 Å². The number of anilines is 1. The molecule has 0 aliphatic heterocycles. The maximum absolute atomic E-state index is 4.80. The molecular formula is C16H23N5. The monoisotopic (exact) mass is 285 g/mol. The maximum atomic E-state index is 4.80. The third kappa shape index (κ3) is 2.77. The van der Waals surface area contributed by atoms with Crippen molar-refractivity contribution >= 4 is 5.82 Å². The van der Waals surface area contributed by atoms with E-state index in [2.05, 4.69) is 24.3 Å². The molecule has 1 aliphatic rings. The highest BCUT2D eigenvalue weighted by Crippen LogP contribution is 2.29. The lowest BCUT2D eigenvalue weighted by Gasteiger charge is -2.12. The Morgan fingerprint density at radius 1 is 1.19 bits per heavy atom. The second-order valence-electron chi connectivity index (χ2n) is 5.54. The second-order valence-corrected chi connectivity index (χ2v) is 5.54. The van der Waals surface area contributed by atoms with E-state index in [0.29, 0.717) is 0 Å². The van der Waals surface area contributed by atoms with Crippen LogP contribution in [0.15, 0.2) is 12.3 Å². The van der Waals surface area contributed by atoms with Gasteiger partial charge in [-0.1, -0.05) is 13.8 Å². The molecule has 2 aromatic heterocycles. The van der Waals surface area contributed by atoms with Crippen molar-refractivity contribution in [3.8, 4) is 11.5 Å². The largest absolute Gasteiger partial charge is 0.370 e. The molecular weight excluding hydrogens is 262 g/mol. The Balaban J connectivity index is 2.00. The number of aryl methyl sites for hydroxylation is 2. The van der Waals surface area contributed by atoms with Gasteiger partial charge in [0.1, 0.15) is 11.5 Å². The summed E-state index contributed by atoms with van der Waals surface area (Å²) in [5, 5.41) is 7.85. The molecule has 5 nitrogen and oxygen atoms in total. The predicted octanol–water partition coefficient (Wildman–Crippen LogP) is 3.06. The van der Waals surface area contributed by atoms with Crippen LogP contribution in [-0.4, -0.2) is 26.3 Å². The van der Waals surface area contributed by atoms with Crippen LogP contribution in [0.25, 0.3) is 11.5 Å². The van der Waals surface area contributed by atoms with Crippen molar-refractivity contribution in [3.05, 3.63) is 23.5 Å². The average Bonchev–Trinajstić information content (AvgIpc) is 3.13. The summed E-state index contributed by atoms with van der Waals surface area (Å²) in [6.45, 7) is 6.19. The summed E-state index contributed by atoms with van der Waals surface area (Å²) in [5.74, 6) is 1.83. The Morgan fingerprint density at radius 3 is 2.90 bits per heavy atom. The van der Waals surface area contributed by atoms with Crippen molar-refractivity contribution in [2.24, 2.45) is 0 Å². The molecule has 21 heavy (non-hydrogen) atoms. The van der Waals surface area contributed by atoms with E-state index in [-0.39, 0.29) is 0 Å². The Bertz CT molecular complexity index is 617. The molecule has 0 saturated carbocycles. The highest BCUT2D eigenvalue weighted by atomic mass is 15.3. The Labute approximate surface area is 125 Å². The van der Waals surface area contributed by atoms with Gasteiger partial charge in [0.15, 0.2) is 5.82 Å². The van der Waals surface area contributed by atoms with E-state index < -0.39 is 0 Å². The van der Waals surface area contributed by atoms with Gasteiger partial charge in [0.2, 0.25) is 0 Å². The summed E-state index contributed by atoms with van der Waals surface area (Å²) in [4.78, 5) is 9.58. The molecule has 0 spiro atoms. The smallest absolute Gasteiger partial charge is 0.180 e. The molecule has 0 radical (unpaired) electrons. The first-order valence-corrected chi connectivity index (χ1v) is 7.99. The van der Waals surface area contributed by atoms with Gasteiger partial charge in [-0.25, -0.2) is 9.97 Å². The van der Waals surface area contributed by atoms with Crippen molar-refractivity contribution in [2.75, 3.05) is 11.9 Å². The van der Waals surface area contributed by atoms with Gasteiger partial charge < -0.3 is 5.32 Å². The molecule has 1 aliphatic carbocycles. The van der Waals surface area contributed by atoms with E-state index in [1.165, 1.54) is 17.7 Å². The van der Waals surface area contributed by atoms with Crippen LogP contribution in [0, 0.1) is 0 Å². The van der Waals surface area contributed by atoms with E-state index in [4.69, 9.17) is 9.97 Å². The van der Waals surface area contributed by atoms with Crippen molar-refractivity contribution in [3.63, 3.8) is 0 Å². The highest BCUT2D eigenvalue weighted by Gasteiger charge is 2.20. The van der Waals surface area contributed by atoms with Gasteiger partial charge in [-0.2, -0.15) is 5.10 Å². The molecule has 0 aromatic carbocycles. The zero-order valence-corrected chi connectivity index (χ0v) is 12.9. The molecule has 5 heteroatoms. The van der Waals surface area contributed by atoms with Gasteiger partial charge in [0, 0.05) is 30.5 Å². The van der Waals surface area contributed by atoms with Crippen LogP contribution in [-0.2, 0) is 19.4 Å². The lowest BCUT2D eigenvalue weighted by molar-refractivity contribution is 0.606. The first-order valence-electron chi connectivity index (χ1n) is 7.99. The number of rotatable bonds is 6. The first kappa shape index (κ1) is 14.0. The molecule has 2 aromatic rings. The first-order chi connectivity index (χ1) is 10.3. The van der Waals surface area contributed by atoms with Crippen LogP contribution in [0.4, 0.5) is 5.82 Å². The molecule has 3 rings (SSSR count). The van der Waals surface area contributed by atoms with Crippen molar-refractivity contribution in [2.45, 2.75) is 52.5 Å². The molecule has 112 valence electrons. The topological polar surface area (TPSA) is 55.6 Å². The minimum atomic E-state index is 0.806. The number of fused-ring (bicyclic) bond motifs is 1. The number of hydrogen-bond donors (Lipinski definition) is 1. The fourth-order valence-corrected chi connectivity index (χ4v) is 2.85. The number of nitrogens with one attached hydrogen (secondary N) is 1. The van der Waals surface area contributed by atoms with E-state index >= 15 is 0 Å². The fraction of sp³-hybridized carbons (Fsp3) is 0.562. The number of aromatic nitrogens is 4. The molecule has 0 atom stereocenters. The van der Waals surface area contributed by atoms with E-state index in [1.54, 1.807) is 0 Å². The summed E-state index contributed by atoms with van der Waals surface area (Å²) in [7, 11) is 0. The summed E-state index contributed by atoms with van der Waals surface area (Å²) in [6.07, 6.45) is 7.33. The minimum Gasteiger partial charge on any atom is -0.370 e. The summed E-state index contributed by atoms with van der Waals surface area (Å²) < 4.78 is 2.00. The van der Waals surface area contributed by atoms with Gasteiger partial charge in [-0.05, 0) is 38.2 Å². The quantitative estimate of drug-likeness (QED) is 0.886. The predicted molar refractivity (Wildman–Crippen MR) is 84.3 cm³/mol. The zero-order valence-electron chi connectivity index (χ0n) is 12.9. The van der Waals surface area contributed by atoms with Gasteiger partial charge in [-0.15, -0.1) is 0 Å². The Hall–Kier alpha value is -1.91. The third-order valence-electron chi connectivity index (χ3n) is 3.86. The van der Waals surface area contributed by atoms with Crippen LogP contribution in [0.5, 0.6) is 0 Å². The SMILES string of the molecule is CCCNc1nc(-c2ccnn2CCC)nc2c1CCC2. The molecule has 2 heterocycles. The number of hydrogen-bond acceptors (Lipinski definition) is 4. The van der Waals surface area contributed by atoms with Crippen molar-refractivity contribution in [1.82, 2.24) is 19.7 Å². The highest BCUT2D eigenvalue weighted by molar-refractivity contribution is 5.58. The van der Waals surface area contributed by atoms with E-state index in [9.17, 15) is 0 Å². The maximum Gasteiger partial charge on any atom is 0.180 e. The van der Waals surface area contributed by atoms with Crippen LogP contribution in [0.1, 0.15) is 44.4 Å². The number of nitrogens with zero attached hydrogens (tertiary/aromatic N) is 4. The van der Waals surface area contributed by atoms with Crippen LogP contribution >= 0.6 is 0 Å². The molecule has 0 unspecified atom stereocenters. The third-order valence-corrected chi connectivity index (χ3v) is 3.86. The van der Waals surface area contributed by atoms with Crippen molar-refractivity contribution in [1.29, 1.82) is 0 Å². The molecule has 0 amide bonds. The van der Waals surface area contributed by atoms with Crippen LogP contribution in [0.2, 0.25) is 0 Å². The summed E-state index contributed by atoms with van der Waals surface area (Å²) >= 11 is 0. The summed E-state index contributed by atoms with van der Waals surface area (Å²) in [6, 6.07) is 2.01.